The van der Waals surface area contributed by atoms with Crippen LogP contribution in [0.15, 0.2) is 0 Å². The molecule has 0 aliphatic heterocycles. The van der Waals surface area contributed by atoms with Gasteiger partial charge in [-0.1, -0.05) is 20.3 Å². The maximum atomic E-state index is 5.36. The third-order valence-electron chi connectivity index (χ3n) is 1.96. The molecule has 0 spiro atoms. The van der Waals surface area contributed by atoms with E-state index in [1.807, 2.05) is 0 Å². The van der Waals surface area contributed by atoms with Gasteiger partial charge in [0.25, 0.3) is 0 Å². The molecule has 0 atom stereocenters. The van der Waals surface area contributed by atoms with Gasteiger partial charge in [0.2, 0.25) is 9.76 Å². The fourth-order valence-electron chi connectivity index (χ4n) is 1.06. The number of rotatable bonds is 14. The fourth-order valence-corrected chi connectivity index (χ4v) is 1.49. The average molecular weight is 262 g/mol. The summed E-state index contributed by atoms with van der Waals surface area (Å²) in [5.74, 6) is 0. The molecule has 5 heteroatoms. The molecule has 17 heavy (non-hydrogen) atoms. The summed E-state index contributed by atoms with van der Waals surface area (Å²) in [5.41, 5.74) is 0. The van der Waals surface area contributed by atoms with Crippen LogP contribution in [0.25, 0.3) is 0 Å². The van der Waals surface area contributed by atoms with Gasteiger partial charge >= 0.3 is 0 Å². The number of unbranched alkanes of at least 4 members (excludes halogenated alkanes) is 1. The van der Waals surface area contributed by atoms with Crippen molar-refractivity contribution in [1.82, 2.24) is 0 Å². The maximum absolute atomic E-state index is 5.36. The smallest absolute Gasteiger partial charge is 0.229 e. The zero-order valence-corrected chi connectivity index (χ0v) is 12.2. The van der Waals surface area contributed by atoms with Crippen LogP contribution in [0.2, 0.25) is 6.04 Å². The van der Waals surface area contributed by atoms with E-state index < -0.39 is 0 Å². The first-order valence-electron chi connectivity index (χ1n) is 6.49. The molecule has 0 saturated heterocycles. The van der Waals surface area contributed by atoms with Gasteiger partial charge in [0.1, 0.15) is 0 Å². The SMILES string of the molecule is CCCCOCCOCCOCCO[Si]CC. The van der Waals surface area contributed by atoms with Crippen LogP contribution in [0, 0.1) is 0 Å². The summed E-state index contributed by atoms with van der Waals surface area (Å²) in [5, 5.41) is 0. The molecule has 0 fully saturated rings. The molecule has 0 amide bonds. The quantitative estimate of drug-likeness (QED) is 0.354. The molecule has 0 bridgehead atoms. The summed E-state index contributed by atoms with van der Waals surface area (Å²) in [6.07, 6.45) is 2.30. The lowest BCUT2D eigenvalue weighted by Crippen LogP contribution is -2.12. The highest BCUT2D eigenvalue weighted by Crippen LogP contribution is 1.88. The Bertz CT molecular complexity index is 122. The largest absolute Gasteiger partial charge is 0.415 e. The molecule has 0 aromatic carbocycles. The van der Waals surface area contributed by atoms with Crippen LogP contribution >= 0.6 is 0 Å². The van der Waals surface area contributed by atoms with Crippen molar-refractivity contribution >= 4 is 9.76 Å². The van der Waals surface area contributed by atoms with E-state index in [-0.39, 0.29) is 0 Å². The first-order valence-corrected chi connectivity index (χ1v) is 7.61. The van der Waals surface area contributed by atoms with Crippen molar-refractivity contribution in [3.8, 4) is 0 Å². The second-order valence-corrected chi connectivity index (χ2v) is 4.82. The van der Waals surface area contributed by atoms with Crippen molar-refractivity contribution in [2.45, 2.75) is 32.7 Å². The van der Waals surface area contributed by atoms with E-state index in [0.717, 1.165) is 19.1 Å². The number of hydrogen-bond acceptors (Lipinski definition) is 4. The molecule has 0 aliphatic rings. The lowest BCUT2D eigenvalue weighted by molar-refractivity contribution is 0.00909. The van der Waals surface area contributed by atoms with Crippen LogP contribution in [0.3, 0.4) is 0 Å². The minimum Gasteiger partial charge on any atom is -0.415 e. The normalized spacial score (nSPS) is 10.9. The standard InChI is InChI=1S/C12H26O4Si/c1-3-5-6-13-7-8-14-9-10-15-11-12-16-17-4-2/h3-12H2,1-2H3. The third-order valence-corrected chi connectivity index (χ3v) is 2.66. The zero-order valence-electron chi connectivity index (χ0n) is 11.2. The Balaban J connectivity index is 2.85. The summed E-state index contributed by atoms with van der Waals surface area (Å²) >= 11 is 0. The van der Waals surface area contributed by atoms with Crippen molar-refractivity contribution in [1.29, 1.82) is 0 Å². The van der Waals surface area contributed by atoms with E-state index in [2.05, 4.69) is 13.8 Å². The van der Waals surface area contributed by atoms with Gasteiger partial charge in [0, 0.05) is 6.61 Å². The summed E-state index contributed by atoms with van der Waals surface area (Å²) in [4.78, 5) is 0. The van der Waals surface area contributed by atoms with Gasteiger partial charge in [-0.2, -0.15) is 0 Å². The molecule has 4 nitrogen and oxygen atoms in total. The molecule has 0 N–H and O–H groups in total. The van der Waals surface area contributed by atoms with Crippen molar-refractivity contribution in [2.75, 3.05) is 46.2 Å². The molecule has 0 aromatic rings. The third kappa shape index (κ3) is 16.1. The van der Waals surface area contributed by atoms with Gasteiger partial charge in [0.15, 0.2) is 0 Å². The van der Waals surface area contributed by atoms with Gasteiger partial charge in [-0.25, -0.2) is 0 Å². The molecule has 2 radical (unpaired) electrons. The van der Waals surface area contributed by atoms with Gasteiger partial charge in [-0.05, 0) is 12.5 Å². The summed E-state index contributed by atoms with van der Waals surface area (Å²) in [6.45, 7) is 9.04. The average Bonchev–Trinajstić information content (AvgIpc) is 2.35. The van der Waals surface area contributed by atoms with Crippen molar-refractivity contribution in [2.24, 2.45) is 0 Å². The van der Waals surface area contributed by atoms with Crippen LogP contribution in [-0.2, 0) is 18.6 Å². The molecule has 0 heterocycles. The Morgan fingerprint density at radius 3 is 1.76 bits per heavy atom. The van der Waals surface area contributed by atoms with Gasteiger partial charge in [0.05, 0.1) is 39.6 Å². The summed E-state index contributed by atoms with van der Waals surface area (Å²) in [7, 11) is 0.599. The minimum absolute atomic E-state index is 0.599. The Morgan fingerprint density at radius 2 is 1.24 bits per heavy atom. The summed E-state index contributed by atoms with van der Waals surface area (Å²) < 4.78 is 21.4. The van der Waals surface area contributed by atoms with E-state index >= 15 is 0 Å². The van der Waals surface area contributed by atoms with Crippen LogP contribution in [-0.4, -0.2) is 56.0 Å². The fraction of sp³-hybridized carbons (Fsp3) is 1.00. The van der Waals surface area contributed by atoms with Crippen LogP contribution < -0.4 is 0 Å². The number of hydrogen-bond donors (Lipinski definition) is 0. The molecule has 0 rings (SSSR count). The zero-order chi connectivity index (χ0) is 12.6. The maximum Gasteiger partial charge on any atom is 0.229 e. The van der Waals surface area contributed by atoms with Crippen LogP contribution in [0.5, 0.6) is 0 Å². The van der Waals surface area contributed by atoms with Crippen molar-refractivity contribution in [3.63, 3.8) is 0 Å². The van der Waals surface area contributed by atoms with Crippen molar-refractivity contribution < 1.29 is 18.6 Å². The second-order valence-electron chi connectivity index (χ2n) is 3.54. The molecule has 0 aliphatic carbocycles. The first kappa shape index (κ1) is 17.1. The van der Waals surface area contributed by atoms with E-state index in [1.165, 1.54) is 6.42 Å². The lowest BCUT2D eigenvalue weighted by atomic mass is 10.4. The van der Waals surface area contributed by atoms with Gasteiger partial charge < -0.3 is 18.6 Å². The molecular formula is C12H26O4Si. The molecule has 0 aromatic heterocycles. The Labute approximate surface area is 108 Å². The van der Waals surface area contributed by atoms with Crippen LogP contribution in [0.4, 0.5) is 0 Å². The highest BCUT2D eigenvalue weighted by molar-refractivity contribution is 6.26. The Morgan fingerprint density at radius 1 is 0.706 bits per heavy atom. The highest BCUT2D eigenvalue weighted by Gasteiger charge is 1.92. The van der Waals surface area contributed by atoms with E-state index in [4.69, 9.17) is 18.6 Å². The highest BCUT2D eigenvalue weighted by atomic mass is 28.2. The predicted molar refractivity (Wildman–Crippen MR) is 69.6 cm³/mol. The van der Waals surface area contributed by atoms with Crippen LogP contribution in [0.1, 0.15) is 26.7 Å². The summed E-state index contributed by atoms with van der Waals surface area (Å²) in [6, 6.07) is 1.08. The van der Waals surface area contributed by atoms with Gasteiger partial charge in [-0.3, -0.25) is 0 Å². The molecule has 0 unspecified atom stereocenters. The van der Waals surface area contributed by atoms with Crippen molar-refractivity contribution in [3.05, 3.63) is 0 Å². The molecule has 102 valence electrons. The molecule has 0 saturated carbocycles. The lowest BCUT2D eigenvalue weighted by Gasteiger charge is -2.06. The van der Waals surface area contributed by atoms with E-state index in [1.54, 1.807) is 0 Å². The molecular weight excluding hydrogens is 236 g/mol. The first-order chi connectivity index (χ1) is 8.41. The Hall–Kier alpha value is 0.0569. The van der Waals surface area contributed by atoms with Gasteiger partial charge in [-0.15, -0.1) is 0 Å². The second kappa shape index (κ2) is 16.1. The minimum atomic E-state index is 0.599. The number of ether oxygens (including phenoxy) is 3. The monoisotopic (exact) mass is 262 g/mol. The van der Waals surface area contributed by atoms with E-state index in [9.17, 15) is 0 Å². The Kier molecular flexibility index (Phi) is 16.1. The predicted octanol–water partition coefficient (Wildman–Crippen LogP) is 1.91. The topological polar surface area (TPSA) is 36.9 Å². The van der Waals surface area contributed by atoms with E-state index in [0.29, 0.717) is 49.4 Å².